The minimum absolute atomic E-state index is 0.194. The quantitative estimate of drug-likeness (QED) is 0.658. The zero-order valence-electron chi connectivity index (χ0n) is 10.7. The van der Waals surface area contributed by atoms with Gasteiger partial charge in [-0.05, 0) is 5.56 Å². The van der Waals surface area contributed by atoms with Gasteiger partial charge in [0.25, 0.3) is 0 Å². The van der Waals surface area contributed by atoms with Crippen LogP contribution in [0.2, 0.25) is 0 Å². The van der Waals surface area contributed by atoms with Crippen LogP contribution >= 0.6 is 0 Å². The highest BCUT2D eigenvalue weighted by atomic mass is 16.5. The van der Waals surface area contributed by atoms with Crippen molar-refractivity contribution >= 4 is 11.9 Å². The van der Waals surface area contributed by atoms with Gasteiger partial charge >= 0.3 is 5.97 Å². The number of methoxy groups -OCH3 is 1. The van der Waals surface area contributed by atoms with Gasteiger partial charge in [-0.2, -0.15) is 0 Å². The van der Waals surface area contributed by atoms with E-state index in [1.807, 2.05) is 6.07 Å². The van der Waals surface area contributed by atoms with Gasteiger partial charge < -0.3 is 20.9 Å². The average Bonchev–Trinajstić information content (AvgIpc) is 2.43. The van der Waals surface area contributed by atoms with E-state index in [0.29, 0.717) is 5.56 Å². The van der Waals surface area contributed by atoms with Crippen molar-refractivity contribution in [2.45, 2.75) is 18.5 Å². The molecule has 0 aliphatic carbocycles. The van der Waals surface area contributed by atoms with Crippen molar-refractivity contribution < 1.29 is 19.4 Å². The molecular formula is C13H18N2O4. The molecule has 4 N–H and O–H groups in total. The van der Waals surface area contributed by atoms with Gasteiger partial charge in [0, 0.05) is 20.1 Å². The standard InChI is InChI=1S/C13H18N2O4/c1-19-8-7-10(13(17)18)15-12(16)11(14)9-5-3-2-4-6-9/h2-6,10-11H,7-8,14H2,1H3,(H,15,16)(H,17,18)/t10?,11-/m0/s1. The summed E-state index contributed by atoms with van der Waals surface area (Å²) < 4.78 is 4.80. The second-order valence-corrected chi connectivity index (χ2v) is 4.07. The predicted molar refractivity (Wildman–Crippen MR) is 69.4 cm³/mol. The molecule has 104 valence electrons. The Morgan fingerprint density at radius 3 is 2.53 bits per heavy atom. The molecule has 1 aromatic carbocycles. The van der Waals surface area contributed by atoms with Gasteiger partial charge in [0.05, 0.1) is 0 Å². The Bertz CT molecular complexity index is 422. The minimum Gasteiger partial charge on any atom is -0.480 e. The third-order valence-corrected chi connectivity index (χ3v) is 2.67. The summed E-state index contributed by atoms with van der Waals surface area (Å²) in [6.45, 7) is 0.248. The topological polar surface area (TPSA) is 102 Å². The maximum Gasteiger partial charge on any atom is 0.326 e. The third-order valence-electron chi connectivity index (χ3n) is 2.67. The molecule has 0 aliphatic rings. The van der Waals surface area contributed by atoms with Crippen molar-refractivity contribution in [3.8, 4) is 0 Å². The van der Waals surface area contributed by atoms with Gasteiger partial charge in [-0.1, -0.05) is 30.3 Å². The number of nitrogens with two attached hydrogens (primary N) is 1. The molecule has 0 spiro atoms. The summed E-state index contributed by atoms with van der Waals surface area (Å²) in [6.07, 6.45) is 0.194. The van der Waals surface area contributed by atoms with Gasteiger partial charge in [-0.25, -0.2) is 4.79 Å². The molecule has 0 bridgehead atoms. The van der Waals surface area contributed by atoms with E-state index in [1.54, 1.807) is 24.3 Å². The molecule has 0 aromatic heterocycles. The Kier molecular flexibility index (Phi) is 5.98. The number of hydrogen-bond acceptors (Lipinski definition) is 4. The van der Waals surface area contributed by atoms with Crippen LogP contribution in [0.1, 0.15) is 18.0 Å². The van der Waals surface area contributed by atoms with Crippen molar-refractivity contribution in [3.63, 3.8) is 0 Å². The zero-order valence-corrected chi connectivity index (χ0v) is 10.7. The van der Waals surface area contributed by atoms with Gasteiger partial charge in [0.15, 0.2) is 0 Å². The summed E-state index contributed by atoms with van der Waals surface area (Å²) in [6, 6.07) is 6.90. The Hall–Kier alpha value is -1.92. The molecule has 2 atom stereocenters. The van der Waals surface area contributed by atoms with Gasteiger partial charge in [0.2, 0.25) is 5.91 Å². The summed E-state index contributed by atoms with van der Waals surface area (Å²) >= 11 is 0. The number of nitrogens with one attached hydrogen (secondary N) is 1. The number of benzene rings is 1. The Morgan fingerprint density at radius 2 is 2.00 bits per heavy atom. The van der Waals surface area contributed by atoms with E-state index in [9.17, 15) is 9.59 Å². The van der Waals surface area contributed by atoms with Crippen molar-refractivity contribution in [1.82, 2.24) is 5.32 Å². The smallest absolute Gasteiger partial charge is 0.326 e. The van der Waals surface area contributed by atoms with Crippen LogP contribution in [0.15, 0.2) is 30.3 Å². The molecule has 0 saturated heterocycles. The first kappa shape index (κ1) is 15.1. The predicted octanol–water partition coefficient (Wildman–Crippen LogP) is 0.292. The maximum atomic E-state index is 11.9. The van der Waals surface area contributed by atoms with Gasteiger partial charge in [-0.3, -0.25) is 4.79 Å². The lowest BCUT2D eigenvalue weighted by Crippen LogP contribution is -2.45. The number of carbonyl (C=O) groups is 2. The number of rotatable bonds is 7. The molecule has 19 heavy (non-hydrogen) atoms. The number of carboxylic acids is 1. The van der Waals surface area contributed by atoms with Gasteiger partial charge in [0.1, 0.15) is 12.1 Å². The molecule has 0 saturated carbocycles. The molecule has 0 radical (unpaired) electrons. The normalized spacial score (nSPS) is 13.6. The zero-order chi connectivity index (χ0) is 14.3. The fraction of sp³-hybridized carbons (Fsp3) is 0.385. The molecule has 6 heteroatoms. The van der Waals surface area contributed by atoms with Gasteiger partial charge in [-0.15, -0.1) is 0 Å². The molecule has 6 nitrogen and oxygen atoms in total. The lowest BCUT2D eigenvalue weighted by molar-refractivity contribution is -0.142. The highest BCUT2D eigenvalue weighted by Gasteiger charge is 2.23. The van der Waals surface area contributed by atoms with E-state index in [2.05, 4.69) is 5.32 Å². The Morgan fingerprint density at radius 1 is 1.37 bits per heavy atom. The Balaban J connectivity index is 2.64. The summed E-state index contributed by atoms with van der Waals surface area (Å²) in [7, 11) is 1.47. The van der Waals surface area contributed by atoms with E-state index in [4.69, 9.17) is 15.6 Å². The molecule has 0 fully saturated rings. The van der Waals surface area contributed by atoms with Crippen molar-refractivity contribution in [2.75, 3.05) is 13.7 Å². The second-order valence-electron chi connectivity index (χ2n) is 4.07. The van der Waals surface area contributed by atoms with Crippen LogP contribution in [0.25, 0.3) is 0 Å². The number of hydrogen-bond donors (Lipinski definition) is 3. The molecule has 1 amide bonds. The van der Waals surface area contributed by atoms with Crippen molar-refractivity contribution in [3.05, 3.63) is 35.9 Å². The molecule has 1 aromatic rings. The van der Waals surface area contributed by atoms with E-state index in [1.165, 1.54) is 7.11 Å². The van der Waals surface area contributed by atoms with E-state index in [0.717, 1.165) is 0 Å². The average molecular weight is 266 g/mol. The minimum atomic E-state index is -1.11. The lowest BCUT2D eigenvalue weighted by Gasteiger charge is -2.17. The molecule has 1 unspecified atom stereocenters. The van der Waals surface area contributed by atoms with E-state index < -0.39 is 24.0 Å². The van der Waals surface area contributed by atoms with Crippen molar-refractivity contribution in [1.29, 1.82) is 0 Å². The first-order valence-corrected chi connectivity index (χ1v) is 5.89. The number of amides is 1. The monoisotopic (exact) mass is 266 g/mol. The Labute approximate surface area is 111 Å². The third kappa shape index (κ3) is 4.69. The molecule has 0 heterocycles. The highest BCUT2D eigenvalue weighted by Crippen LogP contribution is 2.10. The van der Waals surface area contributed by atoms with Crippen LogP contribution < -0.4 is 11.1 Å². The van der Waals surface area contributed by atoms with Crippen LogP contribution in [-0.4, -0.2) is 36.7 Å². The summed E-state index contributed by atoms with van der Waals surface area (Å²) in [5.74, 6) is -1.62. The van der Waals surface area contributed by atoms with Crippen LogP contribution in [0.3, 0.4) is 0 Å². The largest absolute Gasteiger partial charge is 0.480 e. The first-order valence-electron chi connectivity index (χ1n) is 5.89. The maximum absolute atomic E-state index is 11.9. The van der Waals surface area contributed by atoms with Crippen LogP contribution in [0.5, 0.6) is 0 Å². The van der Waals surface area contributed by atoms with Crippen LogP contribution in [-0.2, 0) is 14.3 Å². The molecule has 1 rings (SSSR count). The fourth-order valence-electron chi connectivity index (χ4n) is 1.57. The highest BCUT2D eigenvalue weighted by molar-refractivity contribution is 5.87. The van der Waals surface area contributed by atoms with E-state index >= 15 is 0 Å². The van der Waals surface area contributed by atoms with Crippen LogP contribution in [0.4, 0.5) is 0 Å². The lowest BCUT2D eigenvalue weighted by atomic mass is 10.1. The summed E-state index contributed by atoms with van der Waals surface area (Å²) in [4.78, 5) is 22.9. The number of aliphatic carboxylic acids is 1. The summed E-state index contributed by atoms with van der Waals surface area (Å²) in [5, 5.41) is 11.4. The number of carboxylic acid groups (broad SMARTS) is 1. The fourth-order valence-corrected chi connectivity index (χ4v) is 1.57. The summed E-state index contributed by atoms with van der Waals surface area (Å²) in [5.41, 5.74) is 6.41. The SMILES string of the molecule is COCCC(NC(=O)[C@@H](N)c1ccccc1)C(=O)O. The first-order chi connectivity index (χ1) is 9.06. The molecule has 0 aliphatic heterocycles. The van der Waals surface area contributed by atoms with E-state index in [-0.39, 0.29) is 13.0 Å². The number of ether oxygens (including phenoxy) is 1. The number of carbonyl (C=O) groups excluding carboxylic acids is 1. The van der Waals surface area contributed by atoms with Crippen molar-refractivity contribution in [2.24, 2.45) is 5.73 Å². The second kappa shape index (κ2) is 7.50. The van der Waals surface area contributed by atoms with Crippen LogP contribution in [0, 0.1) is 0 Å². The molecular weight excluding hydrogens is 248 g/mol.